The summed E-state index contributed by atoms with van der Waals surface area (Å²) in [5.41, 5.74) is 4.49. The zero-order chi connectivity index (χ0) is 14.8. The highest BCUT2D eigenvalue weighted by atomic mass is 16.1. The molecule has 2 aromatic carbocycles. The van der Waals surface area contributed by atoms with Gasteiger partial charge in [-0.25, -0.2) is 0 Å². The van der Waals surface area contributed by atoms with Gasteiger partial charge in [-0.15, -0.1) is 0 Å². The maximum Gasteiger partial charge on any atom is 0.171 e. The van der Waals surface area contributed by atoms with Crippen LogP contribution >= 0.6 is 0 Å². The second-order valence-electron chi connectivity index (χ2n) is 6.02. The minimum atomic E-state index is -0.0696. The average molecular weight is 279 g/mol. The molecule has 0 spiro atoms. The van der Waals surface area contributed by atoms with E-state index >= 15 is 0 Å². The molecule has 108 valence electrons. The van der Waals surface area contributed by atoms with Gasteiger partial charge in [-0.1, -0.05) is 62.4 Å². The molecule has 0 amide bonds. The predicted molar refractivity (Wildman–Crippen MR) is 85.8 cm³/mol. The number of rotatable bonds is 3. The number of nitrogens with one attached hydrogen (secondary N) is 1. The van der Waals surface area contributed by atoms with E-state index in [0.717, 1.165) is 18.7 Å². The second kappa shape index (κ2) is 5.82. The first-order valence-electron chi connectivity index (χ1n) is 7.59. The number of ketones is 1. The van der Waals surface area contributed by atoms with Crippen LogP contribution in [0.4, 0.5) is 0 Å². The Bertz CT molecular complexity index is 643. The van der Waals surface area contributed by atoms with Crippen LogP contribution in [-0.2, 0) is 6.54 Å². The molecular formula is C19H21NO. The zero-order valence-electron chi connectivity index (χ0n) is 12.6. The van der Waals surface area contributed by atoms with Gasteiger partial charge in [0, 0.05) is 18.7 Å². The van der Waals surface area contributed by atoms with Gasteiger partial charge in [0.05, 0.1) is 5.92 Å². The fourth-order valence-corrected chi connectivity index (χ4v) is 2.96. The fourth-order valence-electron chi connectivity index (χ4n) is 2.96. The fraction of sp³-hybridized carbons (Fsp3) is 0.316. The van der Waals surface area contributed by atoms with Crippen molar-refractivity contribution in [3.63, 3.8) is 0 Å². The smallest absolute Gasteiger partial charge is 0.171 e. The summed E-state index contributed by atoms with van der Waals surface area (Å²) in [6.45, 7) is 5.91. The number of Topliss-reactive ketones (excluding diaryl/α,β-unsaturated/α-hetero) is 1. The van der Waals surface area contributed by atoms with Crippen molar-refractivity contribution in [2.45, 2.75) is 32.2 Å². The molecule has 0 bridgehead atoms. The summed E-state index contributed by atoms with van der Waals surface area (Å²) in [5, 5.41) is 3.35. The first-order chi connectivity index (χ1) is 10.2. The summed E-state index contributed by atoms with van der Waals surface area (Å²) >= 11 is 0. The van der Waals surface area contributed by atoms with Crippen molar-refractivity contribution in [3.05, 3.63) is 70.8 Å². The molecule has 2 heteroatoms. The lowest BCUT2D eigenvalue weighted by Crippen LogP contribution is -2.32. The number of benzene rings is 2. The first kappa shape index (κ1) is 14.0. The number of hydrogen-bond donors (Lipinski definition) is 1. The summed E-state index contributed by atoms with van der Waals surface area (Å²) in [4.78, 5) is 12.8. The van der Waals surface area contributed by atoms with Crippen LogP contribution in [0.15, 0.2) is 48.5 Å². The lowest BCUT2D eigenvalue weighted by atomic mass is 9.85. The highest BCUT2D eigenvalue weighted by Gasteiger charge is 2.26. The minimum Gasteiger partial charge on any atom is -0.312 e. The van der Waals surface area contributed by atoms with E-state index in [1.165, 1.54) is 16.7 Å². The maximum absolute atomic E-state index is 12.8. The topological polar surface area (TPSA) is 29.1 Å². The highest BCUT2D eigenvalue weighted by molar-refractivity contribution is 6.01. The van der Waals surface area contributed by atoms with Crippen LogP contribution in [0, 0.1) is 0 Å². The molecule has 0 aromatic heterocycles. The van der Waals surface area contributed by atoms with Crippen molar-refractivity contribution in [2.75, 3.05) is 6.54 Å². The van der Waals surface area contributed by atoms with E-state index in [0.29, 0.717) is 5.92 Å². The van der Waals surface area contributed by atoms with Gasteiger partial charge in [0.1, 0.15) is 0 Å². The molecule has 1 aliphatic rings. The van der Waals surface area contributed by atoms with Crippen LogP contribution in [0.25, 0.3) is 0 Å². The Morgan fingerprint density at radius 1 is 1.10 bits per heavy atom. The van der Waals surface area contributed by atoms with E-state index in [-0.39, 0.29) is 11.7 Å². The Kier molecular flexibility index (Phi) is 3.89. The summed E-state index contributed by atoms with van der Waals surface area (Å²) in [6, 6.07) is 16.3. The van der Waals surface area contributed by atoms with E-state index in [2.05, 4.69) is 43.4 Å². The molecule has 1 aliphatic heterocycles. The summed E-state index contributed by atoms with van der Waals surface area (Å²) in [7, 11) is 0. The summed E-state index contributed by atoms with van der Waals surface area (Å²) in [6.07, 6.45) is 0. The number of hydrogen-bond acceptors (Lipinski definition) is 2. The first-order valence-corrected chi connectivity index (χ1v) is 7.59. The minimum absolute atomic E-state index is 0.0696. The van der Waals surface area contributed by atoms with Gasteiger partial charge >= 0.3 is 0 Å². The zero-order valence-corrected chi connectivity index (χ0v) is 12.6. The van der Waals surface area contributed by atoms with Gasteiger partial charge in [-0.05, 0) is 22.6 Å². The van der Waals surface area contributed by atoms with Crippen LogP contribution in [0.5, 0.6) is 0 Å². The molecule has 2 nitrogen and oxygen atoms in total. The molecule has 1 unspecified atom stereocenters. The molecule has 1 N–H and O–H groups in total. The molecule has 0 saturated heterocycles. The van der Waals surface area contributed by atoms with Gasteiger partial charge in [0.2, 0.25) is 0 Å². The summed E-state index contributed by atoms with van der Waals surface area (Å²) < 4.78 is 0. The van der Waals surface area contributed by atoms with Crippen molar-refractivity contribution >= 4 is 5.78 Å². The van der Waals surface area contributed by atoms with Crippen LogP contribution in [-0.4, -0.2) is 12.3 Å². The van der Waals surface area contributed by atoms with E-state index in [9.17, 15) is 4.79 Å². The molecule has 3 rings (SSSR count). The molecule has 0 saturated carbocycles. The van der Waals surface area contributed by atoms with Gasteiger partial charge in [-0.3, -0.25) is 4.79 Å². The highest BCUT2D eigenvalue weighted by Crippen LogP contribution is 2.27. The maximum atomic E-state index is 12.8. The van der Waals surface area contributed by atoms with Crippen LogP contribution in [0.3, 0.4) is 0 Å². The second-order valence-corrected chi connectivity index (χ2v) is 6.02. The van der Waals surface area contributed by atoms with E-state index in [4.69, 9.17) is 0 Å². The molecule has 0 radical (unpaired) electrons. The lowest BCUT2D eigenvalue weighted by molar-refractivity contribution is 0.0955. The SMILES string of the molecule is CC(C)c1ccc(C(=O)C2CNCc3ccccc32)cc1. The van der Waals surface area contributed by atoms with E-state index in [1.807, 2.05) is 24.3 Å². The van der Waals surface area contributed by atoms with Gasteiger partial charge in [0.25, 0.3) is 0 Å². The Morgan fingerprint density at radius 2 is 1.81 bits per heavy atom. The molecule has 0 aliphatic carbocycles. The van der Waals surface area contributed by atoms with Gasteiger partial charge < -0.3 is 5.32 Å². The number of fused-ring (bicyclic) bond motifs is 1. The monoisotopic (exact) mass is 279 g/mol. The standard InChI is InChI=1S/C19H21NO/c1-13(2)14-7-9-15(10-8-14)19(21)18-12-20-11-16-5-3-4-6-17(16)18/h3-10,13,18,20H,11-12H2,1-2H3. The average Bonchev–Trinajstić information content (AvgIpc) is 2.53. The van der Waals surface area contributed by atoms with Crippen LogP contribution in [0.1, 0.15) is 52.7 Å². The molecule has 1 atom stereocenters. The number of carbonyl (C=O) groups excluding carboxylic acids is 1. The number of carbonyl (C=O) groups is 1. The largest absolute Gasteiger partial charge is 0.312 e. The Morgan fingerprint density at radius 3 is 2.52 bits per heavy atom. The lowest BCUT2D eigenvalue weighted by Gasteiger charge is -2.25. The molecule has 0 fully saturated rings. The summed E-state index contributed by atoms with van der Waals surface area (Å²) in [5.74, 6) is 0.635. The molecule has 1 heterocycles. The van der Waals surface area contributed by atoms with Crippen LogP contribution < -0.4 is 5.32 Å². The van der Waals surface area contributed by atoms with Crippen molar-refractivity contribution in [2.24, 2.45) is 0 Å². The van der Waals surface area contributed by atoms with E-state index in [1.54, 1.807) is 0 Å². The van der Waals surface area contributed by atoms with Gasteiger partial charge in [0.15, 0.2) is 5.78 Å². The Balaban J connectivity index is 1.89. The quantitative estimate of drug-likeness (QED) is 0.864. The van der Waals surface area contributed by atoms with Crippen molar-refractivity contribution in [1.82, 2.24) is 5.32 Å². The molecule has 21 heavy (non-hydrogen) atoms. The Labute approximate surface area is 126 Å². The predicted octanol–water partition coefficient (Wildman–Crippen LogP) is 3.88. The van der Waals surface area contributed by atoms with Gasteiger partial charge in [-0.2, -0.15) is 0 Å². The Hall–Kier alpha value is -1.93. The normalized spacial score (nSPS) is 17.6. The van der Waals surface area contributed by atoms with Crippen molar-refractivity contribution in [3.8, 4) is 0 Å². The van der Waals surface area contributed by atoms with Crippen molar-refractivity contribution < 1.29 is 4.79 Å². The third-order valence-corrected chi connectivity index (χ3v) is 4.27. The van der Waals surface area contributed by atoms with Crippen molar-refractivity contribution in [1.29, 1.82) is 0 Å². The molecule has 2 aromatic rings. The van der Waals surface area contributed by atoms with E-state index < -0.39 is 0 Å². The molecular weight excluding hydrogens is 258 g/mol. The third-order valence-electron chi connectivity index (χ3n) is 4.27. The third kappa shape index (κ3) is 2.77. The van der Waals surface area contributed by atoms with Crippen LogP contribution in [0.2, 0.25) is 0 Å².